The molecule has 0 aromatic rings. The molecule has 12 N–H and O–H groups in total. The van der Waals surface area contributed by atoms with E-state index >= 15 is 0 Å². The average Bonchev–Trinajstić information content (AvgIpc) is 2.89. The molecule has 3 heterocycles. The molecule has 0 amide bonds. The molecule has 3 fully saturated rings. The maximum atomic E-state index is 10.9. The Bertz CT molecular complexity index is 689. The molecule has 0 bridgehead atoms. The molecular formula is C20H37NO16. The summed E-state index contributed by atoms with van der Waals surface area (Å²) in [6.07, 6.45) is -23.9. The maximum absolute atomic E-state index is 10.9. The van der Waals surface area contributed by atoms with Crippen LogP contribution >= 0.6 is 0 Å². The van der Waals surface area contributed by atoms with Gasteiger partial charge in [0.05, 0.1) is 26.4 Å². The highest BCUT2D eigenvalue weighted by Crippen LogP contribution is 2.30. The molecule has 0 aromatic heterocycles. The minimum Gasteiger partial charge on any atom is -0.394 e. The molecule has 1 unspecified atom stereocenters. The highest BCUT2D eigenvalue weighted by atomic mass is 16.7. The molecule has 218 valence electrons. The maximum Gasteiger partial charge on any atom is 0.187 e. The van der Waals surface area contributed by atoms with E-state index in [9.17, 15) is 51.1 Å². The Balaban J connectivity index is 1.73. The van der Waals surface area contributed by atoms with Crippen molar-refractivity contribution in [3.8, 4) is 0 Å². The zero-order valence-corrected chi connectivity index (χ0v) is 19.7. The first kappa shape index (κ1) is 30.9. The lowest BCUT2D eigenvalue weighted by Gasteiger charge is -2.46. The third kappa shape index (κ3) is 6.73. The summed E-state index contributed by atoms with van der Waals surface area (Å²) in [6, 6.07) is 0. The van der Waals surface area contributed by atoms with Gasteiger partial charge in [-0.25, -0.2) is 0 Å². The third-order valence-electron chi connectivity index (χ3n) is 6.45. The van der Waals surface area contributed by atoms with E-state index in [-0.39, 0.29) is 13.2 Å². The molecular weight excluding hydrogens is 510 g/mol. The van der Waals surface area contributed by atoms with Gasteiger partial charge in [-0.15, -0.1) is 0 Å². The summed E-state index contributed by atoms with van der Waals surface area (Å²) in [6.45, 7) is -2.01. The molecule has 37 heavy (non-hydrogen) atoms. The number of ether oxygens (including phenoxy) is 6. The van der Waals surface area contributed by atoms with Gasteiger partial charge in [0.2, 0.25) is 0 Å². The van der Waals surface area contributed by atoms with Crippen LogP contribution in [0.2, 0.25) is 0 Å². The van der Waals surface area contributed by atoms with Gasteiger partial charge in [-0.2, -0.15) is 0 Å². The third-order valence-corrected chi connectivity index (χ3v) is 6.45. The van der Waals surface area contributed by atoms with Crippen molar-refractivity contribution in [1.82, 2.24) is 0 Å². The predicted molar refractivity (Wildman–Crippen MR) is 114 cm³/mol. The van der Waals surface area contributed by atoms with Crippen molar-refractivity contribution in [2.24, 2.45) is 5.73 Å². The molecule has 3 aliphatic heterocycles. The lowest BCUT2D eigenvalue weighted by molar-refractivity contribution is -0.365. The Morgan fingerprint density at radius 1 is 0.541 bits per heavy atom. The lowest BCUT2D eigenvalue weighted by atomic mass is 9.96. The molecule has 0 saturated carbocycles. The smallest absolute Gasteiger partial charge is 0.187 e. The second kappa shape index (κ2) is 13.6. The molecule has 17 nitrogen and oxygen atoms in total. The fourth-order valence-corrected chi connectivity index (χ4v) is 4.25. The van der Waals surface area contributed by atoms with Crippen molar-refractivity contribution in [3.05, 3.63) is 0 Å². The van der Waals surface area contributed by atoms with E-state index in [0.717, 1.165) is 0 Å². The first-order valence-electron chi connectivity index (χ1n) is 11.8. The minimum absolute atomic E-state index is 0.0411. The van der Waals surface area contributed by atoms with Gasteiger partial charge < -0.3 is 85.2 Å². The molecule has 0 radical (unpaired) electrons. The van der Waals surface area contributed by atoms with Crippen molar-refractivity contribution >= 4 is 0 Å². The van der Waals surface area contributed by atoms with E-state index in [0.29, 0.717) is 0 Å². The predicted octanol–water partition coefficient (Wildman–Crippen LogP) is -7.59. The molecule has 3 aliphatic rings. The lowest BCUT2D eigenvalue weighted by Crippen LogP contribution is -2.65. The van der Waals surface area contributed by atoms with Gasteiger partial charge in [0, 0.05) is 6.54 Å². The van der Waals surface area contributed by atoms with Crippen LogP contribution in [0.3, 0.4) is 0 Å². The van der Waals surface area contributed by atoms with Gasteiger partial charge in [-0.1, -0.05) is 0 Å². The summed E-state index contributed by atoms with van der Waals surface area (Å²) in [7, 11) is 0. The van der Waals surface area contributed by atoms with Crippen LogP contribution < -0.4 is 5.73 Å². The molecule has 0 aliphatic carbocycles. The topological polar surface area (TPSA) is 284 Å². The van der Waals surface area contributed by atoms with Crippen LogP contribution in [0, 0.1) is 0 Å². The Morgan fingerprint density at radius 3 is 1.57 bits per heavy atom. The molecule has 3 rings (SSSR count). The highest BCUT2D eigenvalue weighted by Gasteiger charge is 2.52. The van der Waals surface area contributed by atoms with E-state index in [1.165, 1.54) is 0 Å². The number of hydrogen-bond acceptors (Lipinski definition) is 17. The molecule has 3 saturated heterocycles. The van der Waals surface area contributed by atoms with Crippen LogP contribution in [0.25, 0.3) is 0 Å². The van der Waals surface area contributed by atoms with Crippen molar-refractivity contribution in [1.29, 1.82) is 0 Å². The first-order chi connectivity index (χ1) is 17.5. The fraction of sp³-hybridized carbons (Fsp3) is 1.00. The van der Waals surface area contributed by atoms with Gasteiger partial charge in [-0.05, 0) is 0 Å². The summed E-state index contributed by atoms with van der Waals surface area (Å²) in [5, 5.41) is 101. The van der Waals surface area contributed by atoms with E-state index < -0.39 is 112 Å². The van der Waals surface area contributed by atoms with Crippen LogP contribution in [0.4, 0.5) is 0 Å². The van der Waals surface area contributed by atoms with Gasteiger partial charge in [0.15, 0.2) is 18.9 Å². The van der Waals surface area contributed by atoms with Crippen LogP contribution in [0.1, 0.15) is 0 Å². The highest BCUT2D eigenvalue weighted by molar-refractivity contribution is 4.95. The fourth-order valence-electron chi connectivity index (χ4n) is 4.25. The van der Waals surface area contributed by atoms with E-state index in [1.807, 2.05) is 0 Å². The van der Waals surface area contributed by atoms with E-state index in [1.54, 1.807) is 0 Å². The number of nitrogens with two attached hydrogens (primary N) is 1. The van der Waals surface area contributed by atoms with Crippen LogP contribution in [-0.4, -0.2) is 176 Å². The average molecular weight is 548 g/mol. The Morgan fingerprint density at radius 2 is 1.03 bits per heavy atom. The van der Waals surface area contributed by atoms with Gasteiger partial charge in [-0.3, -0.25) is 0 Å². The summed E-state index contributed by atoms with van der Waals surface area (Å²) in [5.41, 5.74) is 5.43. The Kier molecular flexibility index (Phi) is 11.3. The summed E-state index contributed by atoms with van der Waals surface area (Å²) < 4.78 is 32.4. The van der Waals surface area contributed by atoms with Crippen LogP contribution in [0.15, 0.2) is 0 Å². The second-order valence-electron chi connectivity index (χ2n) is 9.01. The second-order valence-corrected chi connectivity index (χ2v) is 9.01. The standard InChI is InChI=1S/C20H37NO16/c21-1-2-32-19-16(31)17(37-20-15(30)13(28)10(25)7(4-23)35-20)11(26)8(36-19)5-33-18-14(29)12(27)9(24)6(3-22)34-18/h6-20,22-31H,1-5,21H2/t6-,7-,8?,9-,10-,11-,12+,13+,14+,15+,16+,17+,18+,19+,20-/m1/s1. The van der Waals surface area contributed by atoms with Crippen molar-refractivity contribution in [2.75, 3.05) is 33.0 Å². The van der Waals surface area contributed by atoms with Crippen LogP contribution in [0.5, 0.6) is 0 Å². The molecule has 0 aromatic carbocycles. The molecule has 15 atom stereocenters. The number of hydrogen-bond donors (Lipinski definition) is 11. The zero-order valence-electron chi connectivity index (χ0n) is 19.7. The summed E-state index contributed by atoms with van der Waals surface area (Å²) in [4.78, 5) is 0. The van der Waals surface area contributed by atoms with Crippen molar-refractivity contribution < 1.29 is 79.5 Å². The Hall–Kier alpha value is -0.680. The van der Waals surface area contributed by atoms with E-state index in [4.69, 9.17) is 34.2 Å². The van der Waals surface area contributed by atoms with Gasteiger partial charge in [0.25, 0.3) is 0 Å². The minimum atomic E-state index is -1.83. The summed E-state index contributed by atoms with van der Waals surface area (Å²) in [5.74, 6) is 0. The van der Waals surface area contributed by atoms with E-state index in [2.05, 4.69) is 0 Å². The quantitative estimate of drug-likeness (QED) is 0.121. The number of rotatable bonds is 10. The monoisotopic (exact) mass is 547 g/mol. The zero-order chi connectivity index (χ0) is 27.4. The largest absolute Gasteiger partial charge is 0.394 e. The molecule has 0 spiro atoms. The Labute approximate surface area is 211 Å². The normalized spacial score (nSPS) is 49.2. The van der Waals surface area contributed by atoms with Crippen molar-refractivity contribution in [2.45, 2.75) is 92.1 Å². The van der Waals surface area contributed by atoms with Gasteiger partial charge >= 0.3 is 0 Å². The number of aliphatic hydroxyl groups excluding tert-OH is 10. The SMILES string of the molecule is NCCO[C@H]1OC(CO[C@H]2O[C@H](CO)[C@@H](O)[C@H](O)[C@@H]2O)[C@@H](O)[C@H](O[C@H]2O[C@H](CO)[C@@H](O)[C@H](O)[C@@H]2O)[C@@H]1O. The van der Waals surface area contributed by atoms with Crippen molar-refractivity contribution in [3.63, 3.8) is 0 Å². The number of aliphatic hydroxyl groups is 10. The van der Waals surface area contributed by atoms with Crippen LogP contribution in [-0.2, 0) is 28.4 Å². The molecule has 17 heteroatoms. The van der Waals surface area contributed by atoms with Gasteiger partial charge in [0.1, 0.15) is 73.2 Å². The first-order valence-corrected chi connectivity index (χ1v) is 11.8. The summed E-state index contributed by atoms with van der Waals surface area (Å²) >= 11 is 0.